The second-order valence-corrected chi connectivity index (χ2v) is 4.76. The highest BCUT2D eigenvalue weighted by Gasteiger charge is 2.20. The Balaban J connectivity index is 1.77. The topological polar surface area (TPSA) is 74.0 Å². The second kappa shape index (κ2) is 4.76. The molecule has 3 rings (SSSR count). The van der Waals surface area contributed by atoms with Crippen LogP contribution in [0.3, 0.4) is 0 Å². The number of H-pyrrole nitrogens is 1. The van der Waals surface area contributed by atoms with Crippen LogP contribution in [0.25, 0.3) is 10.9 Å². The SMILES string of the molecule is O=C1CCC(NC(=O)c2cccc3[nH]ccc23)CN1. The number of aromatic nitrogens is 1. The molecule has 1 unspecified atom stereocenters. The average Bonchev–Trinajstić information content (AvgIpc) is 2.89. The Labute approximate surface area is 110 Å². The van der Waals surface area contributed by atoms with Gasteiger partial charge in [-0.2, -0.15) is 0 Å². The van der Waals surface area contributed by atoms with Crippen molar-refractivity contribution in [1.82, 2.24) is 15.6 Å². The quantitative estimate of drug-likeness (QED) is 0.755. The van der Waals surface area contributed by atoms with Gasteiger partial charge in [-0.25, -0.2) is 0 Å². The maximum absolute atomic E-state index is 12.3. The number of piperidine rings is 1. The van der Waals surface area contributed by atoms with Crippen LogP contribution in [0.1, 0.15) is 23.2 Å². The minimum absolute atomic E-state index is 0.0133. The fourth-order valence-corrected chi connectivity index (χ4v) is 2.40. The number of benzene rings is 1. The number of fused-ring (bicyclic) bond motifs is 1. The summed E-state index contributed by atoms with van der Waals surface area (Å²) in [7, 11) is 0. The number of aromatic amines is 1. The summed E-state index contributed by atoms with van der Waals surface area (Å²) in [5.41, 5.74) is 1.61. The zero-order chi connectivity index (χ0) is 13.2. The van der Waals surface area contributed by atoms with E-state index in [1.807, 2.05) is 30.5 Å². The number of hydrogen-bond donors (Lipinski definition) is 3. The van der Waals surface area contributed by atoms with E-state index in [9.17, 15) is 9.59 Å². The predicted octanol–water partition coefficient (Wildman–Crippen LogP) is 1.18. The van der Waals surface area contributed by atoms with E-state index in [2.05, 4.69) is 15.6 Å². The van der Waals surface area contributed by atoms with E-state index < -0.39 is 0 Å². The minimum atomic E-state index is -0.0913. The van der Waals surface area contributed by atoms with Crippen molar-refractivity contribution in [1.29, 1.82) is 0 Å². The number of hydrogen-bond acceptors (Lipinski definition) is 2. The van der Waals surface area contributed by atoms with Crippen molar-refractivity contribution in [3.63, 3.8) is 0 Å². The lowest BCUT2D eigenvalue weighted by Crippen LogP contribution is -2.47. The van der Waals surface area contributed by atoms with Crippen LogP contribution in [0.5, 0.6) is 0 Å². The molecule has 1 atom stereocenters. The maximum atomic E-state index is 12.3. The van der Waals surface area contributed by atoms with E-state index >= 15 is 0 Å². The van der Waals surface area contributed by atoms with Crippen molar-refractivity contribution in [2.75, 3.05) is 6.54 Å². The standard InChI is InChI=1S/C14H15N3O2/c18-13-5-4-9(8-16-13)17-14(19)11-2-1-3-12-10(11)6-7-15-12/h1-3,6-7,9,15H,4-5,8H2,(H,16,18)(H,17,19). The van der Waals surface area contributed by atoms with Crippen molar-refractivity contribution < 1.29 is 9.59 Å². The van der Waals surface area contributed by atoms with Gasteiger partial charge in [0.2, 0.25) is 5.91 Å². The number of rotatable bonds is 2. The largest absolute Gasteiger partial charge is 0.361 e. The first-order valence-electron chi connectivity index (χ1n) is 6.38. The molecule has 1 fully saturated rings. The van der Waals surface area contributed by atoms with E-state index in [-0.39, 0.29) is 17.9 Å². The zero-order valence-corrected chi connectivity index (χ0v) is 10.4. The van der Waals surface area contributed by atoms with Gasteiger partial charge in [-0.3, -0.25) is 9.59 Å². The first-order valence-corrected chi connectivity index (χ1v) is 6.38. The molecule has 1 aliphatic heterocycles. The Kier molecular flexibility index (Phi) is 2.95. The molecule has 1 aliphatic rings. The van der Waals surface area contributed by atoms with Gasteiger partial charge in [0.15, 0.2) is 0 Å². The van der Waals surface area contributed by atoms with Crippen molar-refractivity contribution in [2.24, 2.45) is 0 Å². The Hall–Kier alpha value is -2.30. The summed E-state index contributed by atoms with van der Waals surface area (Å²) in [6.07, 6.45) is 2.99. The van der Waals surface area contributed by atoms with E-state index in [1.54, 1.807) is 0 Å². The lowest BCUT2D eigenvalue weighted by molar-refractivity contribution is -0.122. The third kappa shape index (κ3) is 2.31. The summed E-state index contributed by atoms with van der Waals surface area (Å²) in [4.78, 5) is 26.4. The highest BCUT2D eigenvalue weighted by molar-refractivity contribution is 6.06. The lowest BCUT2D eigenvalue weighted by Gasteiger charge is -2.23. The summed E-state index contributed by atoms with van der Waals surface area (Å²) in [6, 6.07) is 7.52. The van der Waals surface area contributed by atoms with Crippen LogP contribution in [0.2, 0.25) is 0 Å². The Bertz CT molecular complexity index is 622. The highest BCUT2D eigenvalue weighted by Crippen LogP contribution is 2.17. The zero-order valence-electron chi connectivity index (χ0n) is 10.4. The van der Waals surface area contributed by atoms with Gasteiger partial charge in [-0.1, -0.05) is 6.07 Å². The highest BCUT2D eigenvalue weighted by atomic mass is 16.2. The van der Waals surface area contributed by atoms with E-state index in [4.69, 9.17) is 0 Å². The monoisotopic (exact) mass is 257 g/mol. The van der Waals surface area contributed by atoms with Gasteiger partial charge in [0.1, 0.15) is 0 Å². The van der Waals surface area contributed by atoms with Gasteiger partial charge in [-0.05, 0) is 24.6 Å². The van der Waals surface area contributed by atoms with Gasteiger partial charge < -0.3 is 15.6 Å². The molecule has 1 aromatic carbocycles. The first-order chi connectivity index (χ1) is 9.24. The van der Waals surface area contributed by atoms with Crippen LogP contribution in [-0.4, -0.2) is 29.4 Å². The van der Waals surface area contributed by atoms with Gasteiger partial charge in [0, 0.05) is 41.7 Å². The summed E-state index contributed by atoms with van der Waals surface area (Å²) in [6.45, 7) is 0.508. The summed E-state index contributed by atoms with van der Waals surface area (Å²) in [5.74, 6) is -0.0374. The van der Waals surface area contributed by atoms with Crippen molar-refractivity contribution in [3.05, 3.63) is 36.0 Å². The molecule has 0 bridgehead atoms. The Morgan fingerprint density at radius 1 is 1.32 bits per heavy atom. The Morgan fingerprint density at radius 3 is 3.00 bits per heavy atom. The molecule has 0 saturated carbocycles. The van der Waals surface area contributed by atoms with Gasteiger partial charge in [0.05, 0.1) is 0 Å². The number of amides is 2. The normalized spacial score (nSPS) is 19.2. The van der Waals surface area contributed by atoms with Crippen LogP contribution < -0.4 is 10.6 Å². The third-order valence-corrected chi connectivity index (χ3v) is 3.44. The molecule has 2 aromatic rings. The van der Waals surface area contributed by atoms with Gasteiger partial charge >= 0.3 is 0 Å². The summed E-state index contributed by atoms with van der Waals surface area (Å²) >= 11 is 0. The average molecular weight is 257 g/mol. The molecule has 0 aliphatic carbocycles. The van der Waals surface area contributed by atoms with Crippen LogP contribution in [-0.2, 0) is 4.79 Å². The molecule has 19 heavy (non-hydrogen) atoms. The van der Waals surface area contributed by atoms with Crippen LogP contribution in [0.4, 0.5) is 0 Å². The molecule has 1 aromatic heterocycles. The fraction of sp³-hybridized carbons (Fsp3) is 0.286. The third-order valence-electron chi connectivity index (χ3n) is 3.44. The lowest BCUT2D eigenvalue weighted by atomic mass is 10.1. The van der Waals surface area contributed by atoms with Crippen molar-refractivity contribution >= 4 is 22.7 Å². The fourth-order valence-electron chi connectivity index (χ4n) is 2.40. The first kappa shape index (κ1) is 11.8. The number of carbonyl (C=O) groups is 2. The van der Waals surface area contributed by atoms with Crippen LogP contribution in [0, 0.1) is 0 Å². The summed E-state index contributed by atoms with van der Waals surface area (Å²) in [5, 5.41) is 6.65. The Morgan fingerprint density at radius 2 is 2.21 bits per heavy atom. The molecular formula is C14H15N3O2. The molecule has 0 radical (unpaired) electrons. The van der Waals surface area contributed by atoms with E-state index in [1.165, 1.54) is 0 Å². The van der Waals surface area contributed by atoms with E-state index in [0.29, 0.717) is 24.9 Å². The maximum Gasteiger partial charge on any atom is 0.252 e. The molecule has 2 amide bonds. The molecular weight excluding hydrogens is 242 g/mol. The number of carbonyl (C=O) groups excluding carboxylic acids is 2. The summed E-state index contributed by atoms with van der Waals surface area (Å²) < 4.78 is 0. The second-order valence-electron chi connectivity index (χ2n) is 4.76. The van der Waals surface area contributed by atoms with Gasteiger partial charge in [0.25, 0.3) is 5.91 Å². The molecule has 5 heteroatoms. The molecule has 98 valence electrons. The molecule has 0 spiro atoms. The van der Waals surface area contributed by atoms with Crippen molar-refractivity contribution in [3.8, 4) is 0 Å². The number of nitrogens with one attached hydrogen (secondary N) is 3. The van der Waals surface area contributed by atoms with Crippen LogP contribution in [0.15, 0.2) is 30.5 Å². The molecule has 3 N–H and O–H groups in total. The van der Waals surface area contributed by atoms with E-state index in [0.717, 1.165) is 10.9 Å². The molecule has 1 saturated heterocycles. The van der Waals surface area contributed by atoms with Crippen molar-refractivity contribution in [2.45, 2.75) is 18.9 Å². The predicted molar refractivity (Wildman–Crippen MR) is 71.8 cm³/mol. The van der Waals surface area contributed by atoms with Gasteiger partial charge in [-0.15, -0.1) is 0 Å². The van der Waals surface area contributed by atoms with Crippen LogP contribution >= 0.6 is 0 Å². The molecule has 5 nitrogen and oxygen atoms in total. The molecule has 2 heterocycles. The minimum Gasteiger partial charge on any atom is -0.361 e. The smallest absolute Gasteiger partial charge is 0.252 e.